The second-order valence-electron chi connectivity index (χ2n) is 3.42. The van der Waals surface area contributed by atoms with Crippen molar-refractivity contribution in [1.29, 1.82) is 0 Å². The molecule has 2 heteroatoms. The lowest BCUT2D eigenvalue weighted by atomic mass is 10.0. The second-order valence-corrected chi connectivity index (χ2v) is 3.42. The van der Waals surface area contributed by atoms with E-state index in [0.29, 0.717) is 0 Å². The number of nitrogens with zero attached hydrogens (tertiary/aromatic N) is 1. The van der Waals surface area contributed by atoms with Gasteiger partial charge in [0.15, 0.2) is 0 Å². The van der Waals surface area contributed by atoms with Gasteiger partial charge in [0.1, 0.15) is 0 Å². The Hall–Kier alpha value is -0.0800. The first-order chi connectivity index (χ1) is 5.43. The van der Waals surface area contributed by atoms with Gasteiger partial charge < -0.3 is 5.73 Å². The van der Waals surface area contributed by atoms with Gasteiger partial charge in [-0.2, -0.15) is 0 Å². The largest absolute Gasteiger partial charge is 0.330 e. The second kappa shape index (κ2) is 5.56. The maximum atomic E-state index is 5.40. The number of hydrogen-bond donors (Lipinski definition) is 1. The van der Waals surface area contributed by atoms with E-state index in [1.54, 1.807) is 0 Å². The van der Waals surface area contributed by atoms with E-state index in [4.69, 9.17) is 5.73 Å². The highest BCUT2D eigenvalue weighted by Gasteiger charge is 2.13. The number of rotatable bonds is 5. The van der Waals surface area contributed by atoms with Gasteiger partial charge in [-0.15, -0.1) is 0 Å². The van der Waals surface area contributed by atoms with Crippen LogP contribution in [0, 0.1) is 5.92 Å². The molecule has 0 saturated carbocycles. The van der Waals surface area contributed by atoms with Gasteiger partial charge in [-0.25, -0.2) is 5.32 Å². The van der Waals surface area contributed by atoms with E-state index in [0.717, 1.165) is 25.6 Å². The monoisotopic (exact) mass is 155 g/mol. The van der Waals surface area contributed by atoms with Crippen LogP contribution >= 0.6 is 0 Å². The zero-order valence-electron chi connectivity index (χ0n) is 7.26. The quantitative estimate of drug-likeness (QED) is 0.594. The first kappa shape index (κ1) is 9.01. The van der Waals surface area contributed by atoms with Gasteiger partial charge in [0, 0.05) is 13.1 Å². The van der Waals surface area contributed by atoms with Gasteiger partial charge in [-0.1, -0.05) is 12.8 Å². The highest BCUT2D eigenvalue weighted by atomic mass is 14.9. The van der Waals surface area contributed by atoms with E-state index in [-0.39, 0.29) is 0 Å². The topological polar surface area (TPSA) is 40.1 Å². The van der Waals surface area contributed by atoms with Crippen molar-refractivity contribution < 1.29 is 0 Å². The van der Waals surface area contributed by atoms with Crippen LogP contribution in [-0.2, 0) is 0 Å². The average molecular weight is 155 g/mol. The van der Waals surface area contributed by atoms with Crippen molar-refractivity contribution in [2.45, 2.75) is 32.1 Å². The minimum Gasteiger partial charge on any atom is -0.330 e. The lowest BCUT2D eigenvalue weighted by Crippen LogP contribution is -2.03. The Morgan fingerprint density at radius 3 is 2.82 bits per heavy atom. The first-order valence-corrected chi connectivity index (χ1v) is 4.77. The lowest BCUT2D eigenvalue weighted by Gasteiger charge is -2.05. The molecule has 1 unspecified atom stereocenters. The van der Waals surface area contributed by atoms with Crippen molar-refractivity contribution in [2.24, 2.45) is 11.7 Å². The fraction of sp³-hybridized carbons (Fsp3) is 1.00. The third-order valence-electron chi connectivity index (χ3n) is 2.40. The van der Waals surface area contributed by atoms with Crippen molar-refractivity contribution in [3.63, 3.8) is 0 Å². The molecule has 0 amide bonds. The molecule has 1 aliphatic heterocycles. The lowest BCUT2D eigenvalue weighted by molar-refractivity contribution is 0.491. The molecule has 1 aliphatic rings. The van der Waals surface area contributed by atoms with Crippen LogP contribution in [0.15, 0.2) is 0 Å². The predicted molar refractivity (Wildman–Crippen MR) is 47.5 cm³/mol. The molecular formula is C9H19N2. The van der Waals surface area contributed by atoms with Crippen LogP contribution in [0.1, 0.15) is 32.1 Å². The molecule has 0 spiro atoms. The van der Waals surface area contributed by atoms with Crippen LogP contribution in [0.2, 0.25) is 0 Å². The van der Waals surface area contributed by atoms with Crippen LogP contribution in [-0.4, -0.2) is 19.6 Å². The Balaban J connectivity index is 1.86. The van der Waals surface area contributed by atoms with Crippen LogP contribution in [0.5, 0.6) is 0 Å². The van der Waals surface area contributed by atoms with Gasteiger partial charge in [0.05, 0.1) is 0 Å². The highest BCUT2D eigenvalue weighted by molar-refractivity contribution is 4.70. The normalized spacial score (nSPS) is 24.3. The molecule has 11 heavy (non-hydrogen) atoms. The van der Waals surface area contributed by atoms with Crippen LogP contribution in [0.4, 0.5) is 0 Å². The molecule has 0 aromatic rings. The molecule has 1 atom stereocenters. The zero-order chi connectivity index (χ0) is 7.94. The number of nitrogens with two attached hydrogens (primary N) is 1. The highest BCUT2D eigenvalue weighted by Crippen LogP contribution is 2.16. The molecule has 1 heterocycles. The summed E-state index contributed by atoms with van der Waals surface area (Å²) in [7, 11) is 0. The molecule has 2 N–H and O–H groups in total. The number of hydrogen-bond acceptors (Lipinski definition) is 1. The summed E-state index contributed by atoms with van der Waals surface area (Å²) in [6.45, 7) is 3.10. The van der Waals surface area contributed by atoms with Gasteiger partial charge in [0.25, 0.3) is 0 Å². The summed E-state index contributed by atoms with van der Waals surface area (Å²) in [4.78, 5) is 0. The minimum atomic E-state index is 0.856. The van der Waals surface area contributed by atoms with Crippen molar-refractivity contribution in [3.8, 4) is 0 Å². The van der Waals surface area contributed by atoms with Crippen LogP contribution < -0.4 is 11.1 Å². The Labute approximate surface area is 69.5 Å². The zero-order valence-corrected chi connectivity index (χ0v) is 7.26. The average Bonchev–Trinajstić information content (AvgIpc) is 2.50. The van der Waals surface area contributed by atoms with Crippen molar-refractivity contribution >= 4 is 0 Å². The van der Waals surface area contributed by atoms with Crippen molar-refractivity contribution in [3.05, 3.63) is 0 Å². The van der Waals surface area contributed by atoms with E-state index in [1.807, 2.05) is 0 Å². The van der Waals surface area contributed by atoms with Crippen molar-refractivity contribution in [1.82, 2.24) is 5.32 Å². The van der Waals surface area contributed by atoms with E-state index >= 15 is 0 Å². The molecule has 65 valence electrons. The Kier molecular flexibility index (Phi) is 4.55. The van der Waals surface area contributed by atoms with Gasteiger partial charge in [-0.05, 0) is 31.7 Å². The molecule has 1 fully saturated rings. The third kappa shape index (κ3) is 3.73. The molecular weight excluding hydrogens is 136 g/mol. The molecule has 0 aromatic heterocycles. The predicted octanol–water partition coefficient (Wildman–Crippen LogP) is 1.13. The molecule has 0 bridgehead atoms. The third-order valence-corrected chi connectivity index (χ3v) is 2.40. The summed E-state index contributed by atoms with van der Waals surface area (Å²) < 4.78 is 0. The van der Waals surface area contributed by atoms with Crippen LogP contribution in [0.25, 0.3) is 0 Å². The molecule has 2 nitrogen and oxygen atoms in total. The summed E-state index contributed by atoms with van der Waals surface area (Å²) in [5.74, 6) is 0.910. The van der Waals surface area contributed by atoms with E-state index in [1.165, 1.54) is 32.1 Å². The molecule has 0 aromatic carbocycles. The summed E-state index contributed by atoms with van der Waals surface area (Å²) in [6.07, 6.45) is 6.58. The Morgan fingerprint density at radius 2 is 2.18 bits per heavy atom. The molecule has 0 aliphatic carbocycles. The summed E-state index contributed by atoms with van der Waals surface area (Å²) in [6, 6.07) is 0. The summed E-state index contributed by atoms with van der Waals surface area (Å²) >= 11 is 0. The minimum absolute atomic E-state index is 0.856. The van der Waals surface area contributed by atoms with Crippen molar-refractivity contribution in [2.75, 3.05) is 19.6 Å². The summed E-state index contributed by atoms with van der Waals surface area (Å²) in [5.41, 5.74) is 5.40. The smallest absolute Gasteiger partial charge is 0.0162 e. The maximum Gasteiger partial charge on any atom is 0.0162 e. The number of unbranched alkanes of at least 4 members (excludes halogenated alkanes) is 2. The fourth-order valence-electron chi connectivity index (χ4n) is 1.63. The van der Waals surface area contributed by atoms with Gasteiger partial charge in [0.2, 0.25) is 0 Å². The van der Waals surface area contributed by atoms with E-state index in [2.05, 4.69) is 5.32 Å². The Morgan fingerprint density at radius 1 is 1.27 bits per heavy atom. The molecule has 1 saturated heterocycles. The molecule has 1 radical (unpaired) electrons. The molecule has 1 rings (SSSR count). The standard InChI is InChI=1S/C9H19N2/c10-6-3-1-2-4-9-5-7-11-8-9/h9H,1-8,10H2. The van der Waals surface area contributed by atoms with E-state index in [9.17, 15) is 0 Å². The Bertz CT molecular complexity index is 87.6. The maximum absolute atomic E-state index is 5.40. The van der Waals surface area contributed by atoms with Gasteiger partial charge in [-0.3, -0.25) is 0 Å². The summed E-state index contributed by atoms with van der Waals surface area (Å²) in [5, 5.41) is 4.34. The fourth-order valence-corrected chi connectivity index (χ4v) is 1.63. The first-order valence-electron chi connectivity index (χ1n) is 4.77. The van der Waals surface area contributed by atoms with E-state index < -0.39 is 0 Å². The van der Waals surface area contributed by atoms with Crippen LogP contribution in [0.3, 0.4) is 0 Å². The SMILES string of the molecule is NCCCCCC1CC[N]C1. The van der Waals surface area contributed by atoms with Gasteiger partial charge >= 0.3 is 0 Å².